The molecule has 182 valence electrons. The minimum absolute atomic E-state index is 0.0173. The lowest BCUT2D eigenvalue weighted by atomic mass is 10.1. The third-order valence-corrected chi connectivity index (χ3v) is 7.81. The van der Waals surface area contributed by atoms with Gasteiger partial charge in [-0.1, -0.05) is 6.07 Å². The van der Waals surface area contributed by atoms with Gasteiger partial charge in [0, 0.05) is 36.2 Å². The number of esters is 1. The molecule has 2 aromatic rings. The van der Waals surface area contributed by atoms with E-state index in [-0.39, 0.29) is 49.1 Å². The lowest BCUT2D eigenvalue weighted by Gasteiger charge is -2.24. The number of nitro groups is 1. The SMILES string of the molecule is Cc1ccc(S(=O)(=O)N2CC(O)C[C@H]2C(=O)OCc2cc([N+](=O)[O-])cc3c2OCOC3)cc1C. The molecule has 0 saturated carbocycles. The first-order valence-corrected chi connectivity index (χ1v) is 12.0. The van der Waals surface area contributed by atoms with Crippen molar-refractivity contribution in [2.24, 2.45) is 0 Å². The van der Waals surface area contributed by atoms with Crippen LogP contribution in [0.3, 0.4) is 0 Å². The summed E-state index contributed by atoms with van der Waals surface area (Å²) >= 11 is 0. The molecule has 2 heterocycles. The number of aliphatic hydroxyl groups is 1. The van der Waals surface area contributed by atoms with Crippen LogP contribution in [0.4, 0.5) is 5.69 Å². The summed E-state index contributed by atoms with van der Waals surface area (Å²) in [6.45, 7) is 3.08. The van der Waals surface area contributed by atoms with E-state index in [0.717, 1.165) is 15.4 Å². The summed E-state index contributed by atoms with van der Waals surface area (Å²) in [6, 6.07) is 5.99. The van der Waals surface area contributed by atoms with Gasteiger partial charge in [0.1, 0.15) is 18.4 Å². The van der Waals surface area contributed by atoms with E-state index in [2.05, 4.69) is 0 Å². The number of nitro benzene ring substituents is 1. The maximum absolute atomic E-state index is 13.2. The molecule has 11 nitrogen and oxygen atoms in total. The van der Waals surface area contributed by atoms with Crippen molar-refractivity contribution in [1.82, 2.24) is 4.31 Å². The third kappa shape index (κ3) is 4.62. The summed E-state index contributed by atoms with van der Waals surface area (Å²) in [5.41, 5.74) is 2.20. The first-order valence-electron chi connectivity index (χ1n) is 10.5. The number of carbonyl (C=O) groups excluding carboxylic acids is 1. The van der Waals surface area contributed by atoms with Gasteiger partial charge in [-0.3, -0.25) is 14.9 Å². The highest BCUT2D eigenvalue weighted by molar-refractivity contribution is 7.89. The number of hydrogen-bond donors (Lipinski definition) is 1. The van der Waals surface area contributed by atoms with Gasteiger partial charge in [0.05, 0.1) is 22.5 Å². The minimum Gasteiger partial charge on any atom is -0.467 e. The Balaban J connectivity index is 1.56. The zero-order valence-electron chi connectivity index (χ0n) is 18.6. The molecular weight excluding hydrogens is 468 g/mol. The maximum atomic E-state index is 13.2. The van der Waals surface area contributed by atoms with Crippen molar-refractivity contribution in [2.45, 2.75) is 50.5 Å². The van der Waals surface area contributed by atoms with E-state index in [1.54, 1.807) is 13.0 Å². The van der Waals surface area contributed by atoms with Gasteiger partial charge >= 0.3 is 5.97 Å². The Labute approximate surface area is 196 Å². The van der Waals surface area contributed by atoms with Crippen LogP contribution in [0.15, 0.2) is 35.2 Å². The fourth-order valence-electron chi connectivity index (χ4n) is 4.01. The van der Waals surface area contributed by atoms with E-state index in [1.165, 1.54) is 24.3 Å². The first-order chi connectivity index (χ1) is 16.1. The highest BCUT2D eigenvalue weighted by Crippen LogP contribution is 2.34. The molecule has 0 radical (unpaired) electrons. The molecule has 1 unspecified atom stereocenters. The van der Waals surface area contributed by atoms with Gasteiger partial charge in [0.25, 0.3) is 5.69 Å². The monoisotopic (exact) mass is 492 g/mol. The van der Waals surface area contributed by atoms with Crippen LogP contribution in [0.1, 0.15) is 28.7 Å². The Morgan fingerprint density at radius 3 is 2.74 bits per heavy atom. The number of aryl methyl sites for hydroxylation is 2. The van der Waals surface area contributed by atoms with Crippen LogP contribution < -0.4 is 4.74 Å². The normalized spacial score (nSPS) is 20.4. The standard InChI is InChI=1S/C22H24N2O9S/c1-13-3-4-19(5-14(13)2)34(29,30)23-9-18(25)8-20(23)22(26)32-11-16-7-17(24(27)28)6-15-10-31-12-33-21(15)16/h3-7,18,20,25H,8-12H2,1-2H3/t18?,20-/m0/s1. The number of benzene rings is 2. The molecule has 12 heteroatoms. The van der Waals surface area contributed by atoms with Gasteiger partial charge in [0.15, 0.2) is 6.79 Å². The Morgan fingerprint density at radius 2 is 2.03 bits per heavy atom. The molecule has 0 aliphatic carbocycles. The Kier molecular flexibility index (Phi) is 6.58. The van der Waals surface area contributed by atoms with Crippen molar-refractivity contribution in [3.8, 4) is 5.75 Å². The summed E-state index contributed by atoms with van der Waals surface area (Å²) in [5.74, 6) is -0.535. The van der Waals surface area contributed by atoms with Crippen LogP contribution in [-0.2, 0) is 37.5 Å². The molecule has 1 fully saturated rings. The van der Waals surface area contributed by atoms with Crippen LogP contribution in [0.5, 0.6) is 5.75 Å². The van der Waals surface area contributed by atoms with Gasteiger partial charge in [-0.05, 0) is 37.1 Å². The second kappa shape index (κ2) is 9.29. The van der Waals surface area contributed by atoms with Crippen LogP contribution in [0.2, 0.25) is 0 Å². The first kappa shape index (κ1) is 24.1. The zero-order chi connectivity index (χ0) is 24.6. The van der Waals surface area contributed by atoms with Crippen molar-refractivity contribution >= 4 is 21.7 Å². The number of rotatable bonds is 6. The number of hydrogen-bond acceptors (Lipinski definition) is 9. The number of β-amino-alcohol motifs (C(OH)–C–C–N with tert-alkyl or cyclic N) is 1. The average molecular weight is 493 g/mol. The van der Waals surface area contributed by atoms with Crippen molar-refractivity contribution in [3.63, 3.8) is 0 Å². The second-order valence-electron chi connectivity index (χ2n) is 8.29. The van der Waals surface area contributed by atoms with Gasteiger partial charge in [-0.2, -0.15) is 4.31 Å². The zero-order valence-corrected chi connectivity index (χ0v) is 19.4. The number of fused-ring (bicyclic) bond motifs is 1. The van der Waals surface area contributed by atoms with Crippen LogP contribution in [0, 0.1) is 24.0 Å². The molecule has 2 aromatic carbocycles. The number of aliphatic hydroxyl groups excluding tert-OH is 1. The smallest absolute Gasteiger partial charge is 0.324 e. The molecule has 1 saturated heterocycles. The molecule has 2 aliphatic heterocycles. The molecule has 0 aromatic heterocycles. The summed E-state index contributed by atoms with van der Waals surface area (Å²) in [7, 11) is -4.08. The van der Waals surface area contributed by atoms with E-state index < -0.39 is 33.1 Å². The fourth-order valence-corrected chi connectivity index (χ4v) is 5.72. The topological polar surface area (TPSA) is 146 Å². The molecule has 4 rings (SSSR count). The van der Waals surface area contributed by atoms with Crippen molar-refractivity contribution < 1.29 is 37.5 Å². The largest absolute Gasteiger partial charge is 0.467 e. The van der Waals surface area contributed by atoms with Gasteiger partial charge in [-0.25, -0.2) is 8.42 Å². The van der Waals surface area contributed by atoms with E-state index in [0.29, 0.717) is 11.3 Å². The quantitative estimate of drug-likeness (QED) is 0.363. The molecule has 2 aliphatic rings. The van der Waals surface area contributed by atoms with Crippen LogP contribution >= 0.6 is 0 Å². The van der Waals surface area contributed by atoms with E-state index in [1.807, 2.05) is 6.92 Å². The number of nitrogens with zero attached hydrogens (tertiary/aromatic N) is 2. The molecule has 0 amide bonds. The molecular formula is C22H24N2O9S. The summed E-state index contributed by atoms with van der Waals surface area (Å²) in [6.07, 6.45) is -1.16. The highest BCUT2D eigenvalue weighted by atomic mass is 32.2. The molecule has 0 spiro atoms. The van der Waals surface area contributed by atoms with Crippen molar-refractivity contribution in [2.75, 3.05) is 13.3 Å². The number of ether oxygens (including phenoxy) is 3. The second-order valence-corrected chi connectivity index (χ2v) is 10.2. The summed E-state index contributed by atoms with van der Waals surface area (Å²) in [5, 5.41) is 21.4. The van der Waals surface area contributed by atoms with Crippen molar-refractivity contribution in [1.29, 1.82) is 0 Å². The molecule has 0 bridgehead atoms. The minimum atomic E-state index is -4.08. The van der Waals surface area contributed by atoms with E-state index in [9.17, 15) is 28.4 Å². The van der Waals surface area contributed by atoms with E-state index in [4.69, 9.17) is 14.2 Å². The average Bonchev–Trinajstić information content (AvgIpc) is 3.21. The van der Waals surface area contributed by atoms with E-state index >= 15 is 0 Å². The van der Waals surface area contributed by atoms with Gasteiger partial charge in [0.2, 0.25) is 10.0 Å². The molecule has 34 heavy (non-hydrogen) atoms. The van der Waals surface area contributed by atoms with Crippen LogP contribution in [0.25, 0.3) is 0 Å². The lowest BCUT2D eigenvalue weighted by Crippen LogP contribution is -2.41. The number of non-ortho nitro benzene ring substituents is 1. The van der Waals surface area contributed by atoms with Crippen molar-refractivity contribution in [3.05, 3.63) is 62.7 Å². The fraction of sp³-hybridized carbons (Fsp3) is 0.409. The Morgan fingerprint density at radius 1 is 1.26 bits per heavy atom. The molecule has 1 N–H and O–H groups in total. The Hall–Kier alpha value is -3.06. The summed E-state index contributed by atoms with van der Waals surface area (Å²) < 4.78 is 43.4. The third-order valence-electron chi connectivity index (χ3n) is 5.94. The van der Waals surface area contributed by atoms with Crippen LogP contribution in [-0.4, -0.2) is 54.2 Å². The Bertz CT molecular complexity index is 1250. The van der Waals surface area contributed by atoms with Gasteiger partial charge < -0.3 is 19.3 Å². The number of sulfonamides is 1. The molecule has 2 atom stereocenters. The summed E-state index contributed by atoms with van der Waals surface area (Å²) in [4.78, 5) is 23.6. The highest BCUT2D eigenvalue weighted by Gasteiger charge is 2.44. The number of carbonyl (C=O) groups is 1. The predicted molar refractivity (Wildman–Crippen MR) is 117 cm³/mol. The lowest BCUT2D eigenvalue weighted by molar-refractivity contribution is -0.385. The maximum Gasteiger partial charge on any atom is 0.324 e. The van der Waals surface area contributed by atoms with Gasteiger partial charge in [-0.15, -0.1) is 0 Å². The predicted octanol–water partition coefficient (Wildman–Crippen LogP) is 1.95.